The predicted molar refractivity (Wildman–Crippen MR) is 85.8 cm³/mol. The molecule has 3 nitrogen and oxygen atoms in total. The summed E-state index contributed by atoms with van der Waals surface area (Å²) in [6.45, 7) is 9.18. The lowest BCUT2D eigenvalue weighted by Crippen LogP contribution is -2.26. The van der Waals surface area contributed by atoms with E-state index in [1.807, 2.05) is 0 Å². The quantitative estimate of drug-likeness (QED) is 0.745. The lowest BCUT2D eigenvalue weighted by molar-refractivity contribution is 0.734. The number of aromatic nitrogens is 1. The maximum atomic E-state index is 6.29. The van der Waals surface area contributed by atoms with E-state index in [4.69, 9.17) is 23.2 Å². The number of halogens is 2. The minimum absolute atomic E-state index is 0.579. The summed E-state index contributed by atoms with van der Waals surface area (Å²) in [5.74, 6) is 1.55. The molecule has 0 saturated carbocycles. The Morgan fingerprint density at radius 1 is 1.05 bits per heavy atom. The molecule has 0 atom stereocenters. The molecule has 0 saturated heterocycles. The maximum Gasteiger partial charge on any atom is 0.149 e. The molecule has 0 bridgehead atoms. The summed E-state index contributed by atoms with van der Waals surface area (Å²) < 4.78 is 0. The largest absolute Gasteiger partial charge is 0.369 e. The molecule has 0 spiro atoms. The van der Waals surface area contributed by atoms with Gasteiger partial charge in [-0.25, -0.2) is 4.98 Å². The van der Waals surface area contributed by atoms with Crippen LogP contribution in [0, 0.1) is 0 Å². The Morgan fingerprint density at radius 2 is 1.68 bits per heavy atom. The predicted octanol–water partition coefficient (Wildman–Crippen LogP) is 4.84. The van der Waals surface area contributed by atoms with Gasteiger partial charge in [-0.3, -0.25) is 0 Å². The van der Waals surface area contributed by atoms with E-state index in [-0.39, 0.29) is 0 Å². The average Bonchev–Trinajstić information content (AvgIpc) is 2.38. The van der Waals surface area contributed by atoms with E-state index in [1.54, 1.807) is 6.07 Å². The van der Waals surface area contributed by atoms with Crippen molar-refractivity contribution in [2.75, 3.05) is 29.9 Å². The lowest BCUT2D eigenvalue weighted by Gasteiger charge is -2.24. The minimum atomic E-state index is 0.579. The van der Waals surface area contributed by atoms with Crippen LogP contribution in [-0.2, 0) is 0 Å². The van der Waals surface area contributed by atoms with Crippen LogP contribution in [0.25, 0.3) is 0 Å². The smallest absolute Gasteiger partial charge is 0.149 e. The topological polar surface area (TPSA) is 28.2 Å². The number of anilines is 2. The first kappa shape index (κ1) is 16.4. The average molecular weight is 304 g/mol. The van der Waals surface area contributed by atoms with Crippen molar-refractivity contribution in [1.29, 1.82) is 0 Å². The standard InChI is InChI=1S/C14H23Cl2N3/c1-4-7-17-13-11(15)10-12(16)14(18-13)19(8-5-2)9-6-3/h10H,4-9H2,1-3H3,(H,17,18). The molecule has 0 unspecified atom stereocenters. The van der Waals surface area contributed by atoms with E-state index in [2.05, 4.69) is 36.0 Å². The molecule has 5 heteroatoms. The minimum Gasteiger partial charge on any atom is -0.369 e. The van der Waals surface area contributed by atoms with Gasteiger partial charge in [0.05, 0.1) is 10.0 Å². The van der Waals surface area contributed by atoms with Crippen molar-refractivity contribution in [1.82, 2.24) is 4.98 Å². The molecule has 0 aliphatic carbocycles. The Balaban J connectivity index is 3.02. The van der Waals surface area contributed by atoms with E-state index in [1.165, 1.54) is 0 Å². The Morgan fingerprint density at radius 3 is 2.21 bits per heavy atom. The van der Waals surface area contributed by atoms with Crippen LogP contribution < -0.4 is 10.2 Å². The molecule has 1 aromatic rings. The van der Waals surface area contributed by atoms with Crippen LogP contribution in [0.4, 0.5) is 11.6 Å². The molecule has 108 valence electrons. The van der Waals surface area contributed by atoms with Crippen molar-refractivity contribution in [3.63, 3.8) is 0 Å². The number of nitrogens with one attached hydrogen (secondary N) is 1. The Kier molecular flexibility index (Phi) is 7.32. The second kappa shape index (κ2) is 8.49. The zero-order valence-electron chi connectivity index (χ0n) is 12.0. The lowest BCUT2D eigenvalue weighted by atomic mass is 10.3. The zero-order chi connectivity index (χ0) is 14.3. The van der Waals surface area contributed by atoms with Crippen LogP contribution in [0.3, 0.4) is 0 Å². The third-order valence-electron chi connectivity index (χ3n) is 2.74. The van der Waals surface area contributed by atoms with Gasteiger partial charge in [0.1, 0.15) is 11.6 Å². The van der Waals surface area contributed by atoms with Crippen LogP contribution in [0.2, 0.25) is 10.0 Å². The van der Waals surface area contributed by atoms with Crippen LogP contribution in [0.15, 0.2) is 6.07 Å². The molecule has 1 aromatic heterocycles. The first-order valence-corrected chi connectivity index (χ1v) is 7.74. The highest BCUT2D eigenvalue weighted by molar-refractivity contribution is 6.37. The summed E-state index contributed by atoms with van der Waals surface area (Å²) in [6, 6.07) is 1.78. The molecule has 1 N–H and O–H groups in total. The van der Waals surface area contributed by atoms with E-state index >= 15 is 0 Å². The highest BCUT2D eigenvalue weighted by Gasteiger charge is 2.14. The highest BCUT2D eigenvalue weighted by Crippen LogP contribution is 2.31. The molecule has 19 heavy (non-hydrogen) atoms. The second-order valence-corrected chi connectivity index (χ2v) is 5.35. The van der Waals surface area contributed by atoms with Crippen molar-refractivity contribution < 1.29 is 0 Å². The molecule has 0 aliphatic rings. The van der Waals surface area contributed by atoms with Crippen LogP contribution >= 0.6 is 23.2 Å². The summed E-state index contributed by atoms with van der Waals surface area (Å²) in [6.07, 6.45) is 3.17. The van der Waals surface area contributed by atoms with Gasteiger partial charge in [-0.2, -0.15) is 0 Å². The summed E-state index contributed by atoms with van der Waals surface area (Å²) in [5.41, 5.74) is 0. The summed E-state index contributed by atoms with van der Waals surface area (Å²) in [5, 5.41) is 4.44. The summed E-state index contributed by atoms with van der Waals surface area (Å²) >= 11 is 12.5. The van der Waals surface area contributed by atoms with E-state index in [0.717, 1.165) is 50.5 Å². The molecule has 0 aliphatic heterocycles. The van der Waals surface area contributed by atoms with E-state index in [0.29, 0.717) is 10.0 Å². The van der Waals surface area contributed by atoms with Crippen LogP contribution in [-0.4, -0.2) is 24.6 Å². The van der Waals surface area contributed by atoms with Crippen molar-refractivity contribution in [2.45, 2.75) is 40.0 Å². The molecule has 0 radical (unpaired) electrons. The summed E-state index contributed by atoms with van der Waals surface area (Å²) in [7, 11) is 0. The molecule has 1 heterocycles. The number of nitrogens with zero attached hydrogens (tertiary/aromatic N) is 2. The van der Waals surface area contributed by atoms with E-state index < -0.39 is 0 Å². The van der Waals surface area contributed by atoms with Crippen LogP contribution in [0.1, 0.15) is 40.0 Å². The fourth-order valence-corrected chi connectivity index (χ4v) is 2.45. The third kappa shape index (κ3) is 4.73. The van der Waals surface area contributed by atoms with E-state index in [9.17, 15) is 0 Å². The maximum absolute atomic E-state index is 6.29. The highest BCUT2D eigenvalue weighted by atomic mass is 35.5. The number of rotatable bonds is 8. The van der Waals surface area contributed by atoms with Gasteiger partial charge >= 0.3 is 0 Å². The fourth-order valence-electron chi connectivity index (χ4n) is 1.91. The number of hydrogen-bond donors (Lipinski definition) is 1. The van der Waals surface area contributed by atoms with Crippen LogP contribution in [0.5, 0.6) is 0 Å². The first-order valence-electron chi connectivity index (χ1n) is 6.98. The number of pyridine rings is 1. The molecule has 0 amide bonds. The molecule has 0 aromatic carbocycles. The molecular weight excluding hydrogens is 281 g/mol. The first-order chi connectivity index (χ1) is 9.13. The van der Waals surface area contributed by atoms with Crippen molar-refractivity contribution >= 4 is 34.8 Å². The summed E-state index contributed by atoms with van der Waals surface area (Å²) in [4.78, 5) is 6.82. The van der Waals surface area contributed by atoms with Crippen molar-refractivity contribution in [3.8, 4) is 0 Å². The molecule has 0 fully saturated rings. The Labute approximate surface area is 126 Å². The van der Waals surface area contributed by atoms with Gasteiger partial charge in [0.25, 0.3) is 0 Å². The van der Waals surface area contributed by atoms with Gasteiger partial charge in [-0.05, 0) is 25.3 Å². The van der Waals surface area contributed by atoms with Gasteiger partial charge < -0.3 is 10.2 Å². The normalized spacial score (nSPS) is 10.6. The van der Waals surface area contributed by atoms with Gasteiger partial charge in [-0.15, -0.1) is 0 Å². The molecular formula is C14H23Cl2N3. The fraction of sp³-hybridized carbons (Fsp3) is 0.643. The zero-order valence-corrected chi connectivity index (χ0v) is 13.5. The number of hydrogen-bond acceptors (Lipinski definition) is 3. The van der Waals surface area contributed by atoms with Crippen molar-refractivity contribution in [3.05, 3.63) is 16.1 Å². The SMILES string of the molecule is CCCNc1nc(N(CCC)CCC)c(Cl)cc1Cl. The second-order valence-electron chi connectivity index (χ2n) is 4.54. The monoisotopic (exact) mass is 303 g/mol. The molecule has 1 rings (SSSR count). The van der Waals surface area contributed by atoms with Gasteiger partial charge in [-0.1, -0.05) is 44.0 Å². The van der Waals surface area contributed by atoms with Gasteiger partial charge in [0, 0.05) is 19.6 Å². The van der Waals surface area contributed by atoms with Crippen molar-refractivity contribution in [2.24, 2.45) is 0 Å². The Bertz CT molecular complexity index is 391. The van der Waals surface area contributed by atoms with Gasteiger partial charge in [0.15, 0.2) is 0 Å². The van der Waals surface area contributed by atoms with Gasteiger partial charge in [0.2, 0.25) is 0 Å². The third-order valence-corrected chi connectivity index (χ3v) is 3.31. The Hall–Kier alpha value is -0.670.